The van der Waals surface area contributed by atoms with E-state index in [-0.39, 0.29) is 0 Å². The Kier molecular flexibility index (Phi) is 9.63. The largest absolute Gasteiger partial charge is 0.508 e. The molecular formula is C19H26O2. The Morgan fingerprint density at radius 3 is 1.86 bits per heavy atom. The van der Waals surface area contributed by atoms with Gasteiger partial charge in [0.05, 0.1) is 6.61 Å². The highest BCUT2D eigenvalue weighted by atomic mass is 16.5. The van der Waals surface area contributed by atoms with Gasteiger partial charge in [-0.15, -0.1) is 0 Å². The fourth-order valence-corrected chi connectivity index (χ4v) is 1.84. The second-order valence-electron chi connectivity index (χ2n) is 4.91. The lowest BCUT2D eigenvalue weighted by molar-refractivity contribution is 0.304. The third-order valence-electron chi connectivity index (χ3n) is 3.02. The van der Waals surface area contributed by atoms with E-state index in [0.717, 1.165) is 12.4 Å². The molecule has 0 bridgehead atoms. The fraction of sp³-hybridized carbons (Fsp3) is 0.368. The lowest BCUT2D eigenvalue weighted by Crippen LogP contribution is -1.96. The summed E-state index contributed by atoms with van der Waals surface area (Å²) >= 11 is 0. The third kappa shape index (κ3) is 9.55. The maximum atomic E-state index is 8.63. The Morgan fingerprint density at radius 2 is 1.33 bits per heavy atom. The summed E-state index contributed by atoms with van der Waals surface area (Å²) in [6.07, 6.45) is 6.47. The third-order valence-corrected chi connectivity index (χ3v) is 3.02. The van der Waals surface area contributed by atoms with Gasteiger partial charge < -0.3 is 9.84 Å². The van der Waals surface area contributed by atoms with Gasteiger partial charge in [0.25, 0.3) is 0 Å². The standard InChI is InChI=1S/C13H20O.C6H6O/c1-2-3-4-5-9-12-14-13-10-7-6-8-11-13;7-6-4-2-1-3-5-6/h6-8,10-11H,2-5,9,12H2,1H3;1-5,7H. The zero-order valence-corrected chi connectivity index (χ0v) is 12.9. The molecule has 114 valence electrons. The Hall–Kier alpha value is -1.96. The summed E-state index contributed by atoms with van der Waals surface area (Å²) in [5.41, 5.74) is 0. The molecule has 0 aromatic heterocycles. The summed E-state index contributed by atoms with van der Waals surface area (Å²) < 4.78 is 5.59. The van der Waals surface area contributed by atoms with E-state index in [9.17, 15) is 0 Å². The van der Waals surface area contributed by atoms with Gasteiger partial charge in [-0.1, -0.05) is 69.0 Å². The van der Waals surface area contributed by atoms with Crippen LogP contribution < -0.4 is 4.74 Å². The molecule has 0 saturated heterocycles. The molecule has 2 heteroatoms. The van der Waals surface area contributed by atoms with Crippen molar-refractivity contribution in [2.24, 2.45) is 0 Å². The number of hydrogen-bond acceptors (Lipinski definition) is 2. The molecule has 0 aliphatic rings. The average Bonchev–Trinajstić information content (AvgIpc) is 2.53. The molecular weight excluding hydrogens is 260 g/mol. The minimum atomic E-state index is 0.322. The number of phenols is 1. The van der Waals surface area contributed by atoms with Gasteiger partial charge in [0.2, 0.25) is 0 Å². The molecule has 0 spiro atoms. The minimum Gasteiger partial charge on any atom is -0.508 e. The smallest absolute Gasteiger partial charge is 0.119 e. The predicted molar refractivity (Wildman–Crippen MR) is 88.8 cm³/mol. The molecule has 0 heterocycles. The highest BCUT2D eigenvalue weighted by Crippen LogP contribution is 2.09. The maximum Gasteiger partial charge on any atom is 0.119 e. The second-order valence-corrected chi connectivity index (χ2v) is 4.91. The van der Waals surface area contributed by atoms with Crippen LogP contribution in [0.3, 0.4) is 0 Å². The van der Waals surface area contributed by atoms with E-state index in [1.165, 1.54) is 32.1 Å². The molecule has 2 aromatic rings. The number of benzene rings is 2. The predicted octanol–water partition coefficient (Wildman–Crippen LogP) is 5.43. The first kappa shape index (κ1) is 17.1. The Morgan fingerprint density at radius 1 is 0.762 bits per heavy atom. The van der Waals surface area contributed by atoms with Gasteiger partial charge in [-0.05, 0) is 30.7 Å². The average molecular weight is 286 g/mol. The number of hydrogen-bond donors (Lipinski definition) is 1. The van der Waals surface area contributed by atoms with Crippen LogP contribution in [-0.4, -0.2) is 11.7 Å². The van der Waals surface area contributed by atoms with Crippen LogP contribution in [-0.2, 0) is 0 Å². The van der Waals surface area contributed by atoms with E-state index in [1.54, 1.807) is 24.3 Å². The van der Waals surface area contributed by atoms with Crippen LogP contribution in [0.25, 0.3) is 0 Å². The number of ether oxygens (including phenoxy) is 1. The Balaban J connectivity index is 0.000000262. The minimum absolute atomic E-state index is 0.322. The Labute approximate surface area is 128 Å². The SMILES string of the molecule is CCCCCCCOc1ccccc1.Oc1ccccc1. The summed E-state index contributed by atoms with van der Waals surface area (Å²) in [6.45, 7) is 3.09. The van der Waals surface area contributed by atoms with Crippen LogP contribution in [0.1, 0.15) is 39.0 Å². The molecule has 0 aliphatic carbocycles. The zero-order chi connectivity index (χ0) is 15.2. The van der Waals surface area contributed by atoms with E-state index in [2.05, 4.69) is 6.92 Å². The first-order chi connectivity index (χ1) is 10.3. The van der Waals surface area contributed by atoms with Crippen molar-refractivity contribution in [3.8, 4) is 11.5 Å². The molecule has 21 heavy (non-hydrogen) atoms. The van der Waals surface area contributed by atoms with Gasteiger partial charge >= 0.3 is 0 Å². The van der Waals surface area contributed by atoms with Crippen molar-refractivity contribution in [2.45, 2.75) is 39.0 Å². The normalized spacial score (nSPS) is 9.57. The lowest BCUT2D eigenvalue weighted by Gasteiger charge is -2.04. The molecule has 1 N–H and O–H groups in total. The van der Waals surface area contributed by atoms with Crippen molar-refractivity contribution >= 4 is 0 Å². The molecule has 0 unspecified atom stereocenters. The topological polar surface area (TPSA) is 29.5 Å². The van der Waals surface area contributed by atoms with Crippen molar-refractivity contribution in [3.63, 3.8) is 0 Å². The van der Waals surface area contributed by atoms with Crippen molar-refractivity contribution in [1.82, 2.24) is 0 Å². The van der Waals surface area contributed by atoms with Crippen molar-refractivity contribution < 1.29 is 9.84 Å². The molecule has 0 aliphatic heterocycles. The number of phenolic OH excluding ortho intramolecular Hbond substituents is 1. The highest BCUT2D eigenvalue weighted by molar-refractivity contribution is 5.20. The lowest BCUT2D eigenvalue weighted by atomic mass is 10.2. The summed E-state index contributed by atoms with van der Waals surface area (Å²) in [5, 5.41) is 8.63. The van der Waals surface area contributed by atoms with E-state index in [4.69, 9.17) is 9.84 Å². The van der Waals surface area contributed by atoms with Crippen molar-refractivity contribution in [2.75, 3.05) is 6.61 Å². The molecule has 0 atom stereocenters. The molecule has 2 rings (SSSR count). The monoisotopic (exact) mass is 286 g/mol. The van der Waals surface area contributed by atoms with Crippen LogP contribution in [0.4, 0.5) is 0 Å². The van der Waals surface area contributed by atoms with Gasteiger partial charge in [-0.3, -0.25) is 0 Å². The van der Waals surface area contributed by atoms with Gasteiger partial charge in [0.1, 0.15) is 11.5 Å². The highest BCUT2D eigenvalue weighted by Gasteiger charge is 1.91. The summed E-state index contributed by atoms with van der Waals surface area (Å²) in [4.78, 5) is 0. The zero-order valence-electron chi connectivity index (χ0n) is 12.9. The van der Waals surface area contributed by atoms with Crippen LogP contribution in [0.15, 0.2) is 60.7 Å². The second kappa shape index (κ2) is 11.8. The van der Waals surface area contributed by atoms with Gasteiger partial charge in [0.15, 0.2) is 0 Å². The molecule has 0 amide bonds. The van der Waals surface area contributed by atoms with Crippen LogP contribution in [0, 0.1) is 0 Å². The van der Waals surface area contributed by atoms with E-state index in [0.29, 0.717) is 5.75 Å². The first-order valence-electron chi connectivity index (χ1n) is 7.74. The van der Waals surface area contributed by atoms with E-state index >= 15 is 0 Å². The number of aromatic hydroxyl groups is 1. The number of unbranched alkanes of at least 4 members (excludes halogenated alkanes) is 4. The van der Waals surface area contributed by atoms with Gasteiger partial charge in [-0.25, -0.2) is 0 Å². The van der Waals surface area contributed by atoms with Crippen LogP contribution in [0.2, 0.25) is 0 Å². The van der Waals surface area contributed by atoms with E-state index in [1.807, 2.05) is 36.4 Å². The quantitative estimate of drug-likeness (QED) is 0.688. The van der Waals surface area contributed by atoms with Crippen molar-refractivity contribution in [3.05, 3.63) is 60.7 Å². The first-order valence-corrected chi connectivity index (χ1v) is 7.74. The van der Waals surface area contributed by atoms with E-state index < -0.39 is 0 Å². The van der Waals surface area contributed by atoms with Crippen LogP contribution >= 0.6 is 0 Å². The molecule has 0 fully saturated rings. The number of rotatable bonds is 7. The molecule has 0 radical (unpaired) electrons. The molecule has 2 aromatic carbocycles. The Bertz CT molecular complexity index is 440. The van der Waals surface area contributed by atoms with Gasteiger partial charge in [-0.2, -0.15) is 0 Å². The van der Waals surface area contributed by atoms with Crippen molar-refractivity contribution in [1.29, 1.82) is 0 Å². The molecule has 2 nitrogen and oxygen atoms in total. The summed E-state index contributed by atoms with van der Waals surface area (Å²) in [7, 11) is 0. The van der Waals surface area contributed by atoms with Crippen LogP contribution in [0.5, 0.6) is 11.5 Å². The summed E-state index contributed by atoms with van der Waals surface area (Å²) in [6, 6.07) is 18.7. The maximum absolute atomic E-state index is 8.63. The summed E-state index contributed by atoms with van der Waals surface area (Å²) in [5.74, 6) is 1.31. The number of para-hydroxylation sites is 2. The fourth-order valence-electron chi connectivity index (χ4n) is 1.84. The van der Waals surface area contributed by atoms with Gasteiger partial charge in [0, 0.05) is 0 Å². The molecule has 0 saturated carbocycles.